The second-order valence-electron chi connectivity index (χ2n) is 2.77. The van der Waals surface area contributed by atoms with Crippen molar-refractivity contribution in [3.8, 4) is 0 Å². The molecule has 0 aliphatic carbocycles. The van der Waals surface area contributed by atoms with Gasteiger partial charge in [0.25, 0.3) is 0 Å². The molecule has 0 aliphatic rings. The lowest BCUT2D eigenvalue weighted by Crippen LogP contribution is -2.03. The Balaban J connectivity index is 0.00000106. The third-order valence-electron chi connectivity index (χ3n) is 1.88. The van der Waals surface area contributed by atoms with Crippen LogP contribution in [0.2, 0.25) is 0 Å². The topological polar surface area (TPSA) is 52.3 Å². The number of rotatable bonds is 2. The molecule has 90 valence electrons. The van der Waals surface area contributed by atoms with Gasteiger partial charge >= 0.3 is 5.97 Å². The van der Waals surface area contributed by atoms with E-state index >= 15 is 0 Å². The van der Waals surface area contributed by atoms with E-state index in [4.69, 9.17) is 5.73 Å². The van der Waals surface area contributed by atoms with Crippen LogP contribution < -0.4 is 5.73 Å². The maximum Gasteiger partial charge on any atom is 0.380 e. The SMILES string of the molecule is CC.CSc1cc(N)c(C)cc1C(=O)OF. The normalized spacial score (nSPS) is 9.06. The van der Waals surface area contributed by atoms with Gasteiger partial charge in [0.2, 0.25) is 0 Å². The minimum absolute atomic E-state index is 0.201. The quantitative estimate of drug-likeness (QED) is 0.641. The molecule has 1 aromatic carbocycles. The molecule has 0 fully saturated rings. The Morgan fingerprint density at radius 3 is 2.44 bits per heavy atom. The van der Waals surface area contributed by atoms with Crippen molar-refractivity contribution in [1.29, 1.82) is 0 Å². The summed E-state index contributed by atoms with van der Waals surface area (Å²) < 4.78 is 11.7. The van der Waals surface area contributed by atoms with Crippen LogP contribution in [0.4, 0.5) is 10.2 Å². The summed E-state index contributed by atoms with van der Waals surface area (Å²) >= 11 is 1.31. The predicted molar refractivity (Wildman–Crippen MR) is 65.2 cm³/mol. The molecule has 0 amide bonds. The molecule has 0 unspecified atom stereocenters. The number of anilines is 1. The second-order valence-corrected chi connectivity index (χ2v) is 3.62. The van der Waals surface area contributed by atoms with Crippen molar-refractivity contribution in [3.05, 3.63) is 23.3 Å². The molecule has 0 saturated heterocycles. The highest BCUT2D eigenvalue weighted by atomic mass is 32.2. The molecule has 0 radical (unpaired) electrons. The van der Waals surface area contributed by atoms with E-state index in [2.05, 4.69) is 4.94 Å². The molecular formula is C11H16FNO2S. The molecule has 0 atom stereocenters. The molecule has 0 aromatic heterocycles. The summed E-state index contributed by atoms with van der Waals surface area (Å²) in [5.74, 6) is -0.988. The largest absolute Gasteiger partial charge is 0.398 e. The lowest BCUT2D eigenvalue weighted by Gasteiger charge is -2.07. The van der Waals surface area contributed by atoms with Gasteiger partial charge < -0.3 is 5.73 Å². The number of hydrogen-bond donors (Lipinski definition) is 1. The van der Waals surface area contributed by atoms with Gasteiger partial charge in [-0.25, -0.2) is 9.74 Å². The maximum absolute atomic E-state index is 11.7. The number of nitrogen functional groups attached to an aromatic ring is 1. The third kappa shape index (κ3) is 3.41. The van der Waals surface area contributed by atoms with E-state index in [9.17, 15) is 9.32 Å². The molecule has 0 heterocycles. The Hall–Kier alpha value is -1.23. The van der Waals surface area contributed by atoms with Crippen LogP contribution in [0.1, 0.15) is 29.8 Å². The number of thioether (sulfide) groups is 1. The van der Waals surface area contributed by atoms with Gasteiger partial charge in [-0.05, 0) is 30.9 Å². The summed E-state index contributed by atoms with van der Waals surface area (Å²) in [5, 5.41) is 0. The molecule has 5 heteroatoms. The van der Waals surface area contributed by atoms with Crippen LogP contribution in [0.3, 0.4) is 0 Å². The van der Waals surface area contributed by atoms with Crippen molar-refractivity contribution >= 4 is 23.4 Å². The Kier molecular flexibility index (Phi) is 6.56. The van der Waals surface area contributed by atoms with Crippen molar-refractivity contribution in [1.82, 2.24) is 0 Å². The number of benzene rings is 1. The van der Waals surface area contributed by atoms with Crippen LogP contribution in [0, 0.1) is 6.92 Å². The first-order valence-corrected chi connectivity index (χ1v) is 6.09. The van der Waals surface area contributed by atoms with Gasteiger partial charge in [0.05, 0.1) is 5.56 Å². The Bertz CT molecular complexity index is 369. The molecular weight excluding hydrogens is 229 g/mol. The molecule has 0 aliphatic heterocycles. The molecule has 1 rings (SSSR count). The first kappa shape index (κ1) is 14.8. The lowest BCUT2D eigenvalue weighted by molar-refractivity contribution is -0.0791. The van der Waals surface area contributed by atoms with E-state index in [1.54, 1.807) is 19.2 Å². The van der Waals surface area contributed by atoms with E-state index in [0.717, 1.165) is 5.56 Å². The zero-order valence-corrected chi connectivity index (χ0v) is 10.7. The van der Waals surface area contributed by atoms with E-state index in [0.29, 0.717) is 10.6 Å². The van der Waals surface area contributed by atoms with Crippen molar-refractivity contribution < 1.29 is 14.3 Å². The zero-order chi connectivity index (χ0) is 12.7. The Morgan fingerprint density at radius 1 is 1.44 bits per heavy atom. The highest BCUT2D eigenvalue weighted by molar-refractivity contribution is 7.98. The standard InChI is InChI=1S/C9H10FNO2S.C2H6/c1-5-3-6(9(12)13-10)8(14-2)4-7(5)11;1-2/h3-4H,11H2,1-2H3;1-2H3. The minimum Gasteiger partial charge on any atom is -0.398 e. The first-order valence-electron chi connectivity index (χ1n) is 4.87. The summed E-state index contributed by atoms with van der Waals surface area (Å²) in [6.45, 7) is 5.74. The molecule has 1 aromatic rings. The van der Waals surface area contributed by atoms with Gasteiger partial charge in [-0.3, -0.25) is 0 Å². The van der Waals surface area contributed by atoms with Gasteiger partial charge in [-0.15, -0.1) is 11.8 Å². The first-order chi connectivity index (χ1) is 7.60. The fraction of sp³-hybridized carbons (Fsp3) is 0.364. The second kappa shape index (κ2) is 7.11. The van der Waals surface area contributed by atoms with E-state index < -0.39 is 5.97 Å². The van der Waals surface area contributed by atoms with Crippen LogP contribution >= 0.6 is 11.8 Å². The highest BCUT2D eigenvalue weighted by Gasteiger charge is 2.14. The minimum atomic E-state index is -0.988. The number of halogens is 1. The van der Waals surface area contributed by atoms with E-state index in [-0.39, 0.29) is 5.56 Å². The number of carbonyl (C=O) groups is 1. The van der Waals surface area contributed by atoms with Crippen LogP contribution in [0.15, 0.2) is 17.0 Å². The van der Waals surface area contributed by atoms with Crippen molar-refractivity contribution in [2.45, 2.75) is 25.7 Å². The van der Waals surface area contributed by atoms with Gasteiger partial charge in [-0.1, -0.05) is 13.8 Å². The van der Waals surface area contributed by atoms with E-state index in [1.165, 1.54) is 17.8 Å². The van der Waals surface area contributed by atoms with Crippen molar-refractivity contribution in [3.63, 3.8) is 0 Å². The summed E-state index contributed by atoms with van der Waals surface area (Å²) in [7, 11) is 0. The summed E-state index contributed by atoms with van der Waals surface area (Å²) in [6.07, 6.45) is 1.78. The fourth-order valence-corrected chi connectivity index (χ4v) is 1.68. The maximum atomic E-state index is 11.7. The third-order valence-corrected chi connectivity index (χ3v) is 2.66. The summed E-state index contributed by atoms with van der Waals surface area (Å²) in [5.41, 5.74) is 7.15. The molecule has 16 heavy (non-hydrogen) atoms. The van der Waals surface area contributed by atoms with Gasteiger partial charge in [0.15, 0.2) is 0 Å². The average Bonchev–Trinajstić information content (AvgIpc) is 2.33. The number of nitrogens with two attached hydrogens (primary N) is 1. The van der Waals surface area contributed by atoms with Gasteiger partial charge in [-0.2, -0.15) is 0 Å². The fourth-order valence-electron chi connectivity index (χ4n) is 1.07. The monoisotopic (exact) mass is 245 g/mol. The smallest absolute Gasteiger partial charge is 0.380 e. The number of aryl methyl sites for hydroxylation is 1. The van der Waals surface area contributed by atoms with Crippen LogP contribution in [-0.2, 0) is 4.94 Å². The van der Waals surface area contributed by atoms with Crippen LogP contribution in [0.5, 0.6) is 0 Å². The summed E-state index contributed by atoms with van der Waals surface area (Å²) in [4.78, 5) is 14.8. The summed E-state index contributed by atoms with van der Waals surface area (Å²) in [6, 6.07) is 3.15. The van der Waals surface area contributed by atoms with Crippen molar-refractivity contribution in [2.24, 2.45) is 0 Å². The predicted octanol–water partition coefficient (Wildman–Crippen LogP) is 3.37. The zero-order valence-electron chi connectivity index (χ0n) is 9.83. The Labute approximate surface area is 99.1 Å². The number of carbonyl (C=O) groups excluding carboxylic acids is 1. The molecule has 0 spiro atoms. The lowest BCUT2D eigenvalue weighted by atomic mass is 10.1. The molecule has 0 saturated carbocycles. The molecule has 0 bridgehead atoms. The van der Waals surface area contributed by atoms with Crippen LogP contribution in [-0.4, -0.2) is 12.2 Å². The van der Waals surface area contributed by atoms with Gasteiger partial charge in [0, 0.05) is 15.1 Å². The highest BCUT2D eigenvalue weighted by Crippen LogP contribution is 2.26. The molecule has 3 nitrogen and oxygen atoms in total. The Morgan fingerprint density at radius 2 is 2.00 bits per heavy atom. The number of hydrogen-bond acceptors (Lipinski definition) is 4. The van der Waals surface area contributed by atoms with E-state index in [1.807, 2.05) is 13.8 Å². The molecule has 2 N–H and O–H groups in total. The van der Waals surface area contributed by atoms with Crippen molar-refractivity contribution in [2.75, 3.05) is 12.0 Å². The van der Waals surface area contributed by atoms with Crippen LogP contribution in [0.25, 0.3) is 0 Å². The average molecular weight is 245 g/mol. The van der Waals surface area contributed by atoms with Gasteiger partial charge in [0.1, 0.15) is 0 Å².